The molecule has 0 bridgehead atoms. The van der Waals surface area contributed by atoms with E-state index in [0.717, 1.165) is 52.8 Å². The molecule has 1 aliphatic rings. The first-order chi connectivity index (χ1) is 13.0. The van der Waals surface area contributed by atoms with E-state index in [0.29, 0.717) is 13.0 Å². The van der Waals surface area contributed by atoms with Gasteiger partial charge in [0.2, 0.25) is 5.91 Å². The van der Waals surface area contributed by atoms with Crippen molar-refractivity contribution in [2.24, 2.45) is 13.0 Å². The van der Waals surface area contributed by atoms with Crippen molar-refractivity contribution in [2.75, 3.05) is 6.54 Å². The molecule has 3 aromatic rings. The van der Waals surface area contributed by atoms with Crippen LogP contribution in [0.5, 0.6) is 0 Å². The third-order valence-electron chi connectivity index (χ3n) is 5.12. The fourth-order valence-corrected chi connectivity index (χ4v) is 4.83. The minimum Gasteiger partial charge on any atom is -0.361 e. The summed E-state index contributed by atoms with van der Waals surface area (Å²) in [6.45, 7) is 4.45. The number of hydrogen-bond acceptors (Lipinski definition) is 6. The summed E-state index contributed by atoms with van der Waals surface area (Å²) in [6, 6.07) is 0. The quantitative estimate of drug-likeness (QED) is 0.730. The van der Waals surface area contributed by atoms with Crippen LogP contribution >= 0.6 is 11.3 Å². The minimum absolute atomic E-state index is 0.0153. The van der Waals surface area contributed by atoms with Crippen molar-refractivity contribution >= 4 is 17.2 Å². The van der Waals surface area contributed by atoms with Crippen LogP contribution in [0.1, 0.15) is 34.3 Å². The number of carbonyl (C=O) groups excluding carboxylic acids is 1. The van der Waals surface area contributed by atoms with Gasteiger partial charge >= 0.3 is 0 Å². The zero-order chi connectivity index (χ0) is 19.0. The number of rotatable bonds is 5. The molecule has 0 aliphatic heterocycles. The number of fused-ring (bicyclic) bond motifs is 1. The molecule has 8 heteroatoms. The highest BCUT2D eigenvalue weighted by Crippen LogP contribution is 2.36. The van der Waals surface area contributed by atoms with E-state index in [2.05, 4.69) is 15.5 Å². The average molecular weight is 385 g/mol. The number of nitrogens with zero attached hydrogens (tertiary/aromatic N) is 4. The van der Waals surface area contributed by atoms with Crippen LogP contribution in [0.25, 0.3) is 10.6 Å². The maximum Gasteiger partial charge on any atom is 0.223 e. The van der Waals surface area contributed by atoms with E-state index in [4.69, 9.17) is 9.51 Å². The SMILES string of the molecule is Cc1noc(C)c1-c1nc2c(s1)CCC(C(=O)NCCc1nccn1C)C2. The van der Waals surface area contributed by atoms with Crippen LogP contribution in [-0.2, 0) is 31.1 Å². The van der Waals surface area contributed by atoms with Crippen molar-refractivity contribution in [3.63, 3.8) is 0 Å². The van der Waals surface area contributed by atoms with Crippen molar-refractivity contribution < 1.29 is 9.32 Å². The zero-order valence-corrected chi connectivity index (χ0v) is 16.6. The molecule has 1 aliphatic carbocycles. The lowest BCUT2D eigenvalue weighted by atomic mass is 9.90. The number of thiazole rings is 1. The smallest absolute Gasteiger partial charge is 0.223 e. The molecular formula is C19H23N5O2S. The van der Waals surface area contributed by atoms with Gasteiger partial charge in [-0.2, -0.15) is 0 Å². The second-order valence-corrected chi connectivity index (χ2v) is 8.11. The fourth-order valence-electron chi connectivity index (χ4n) is 3.58. The van der Waals surface area contributed by atoms with Crippen molar-refractivity contribution in [1.82, 2.24) is 25.0 Å². The van der Waals surface area contributed by atoms with E-state index in [1.165, 1.54) is 4.88 Å². The number of hydrogen-bond donors (Lipinski definition) is 1. The van der Waals surface area contributed by atoms with Crippen LogP contribution in [0.3, 0.4) is 0 Å². The fraction of sp³-hybridized carbons (Fsp3) is 0.474. The number of amides is 1. The normalized spacial score (nSPS) is 16.3. The molecule has 27 heavy (non-hydrogen) atoms. The lowest BCUT2D eigenvalue weighted by Crippen LogP contribution is -2.35. The average Bonchev–Trinajstić information content (AvgIpc) is 3.33. The number of imidazole rings is 1. The summed E-state index contributed by atoms with van der Waals surface area (Å²) in [4.78, 5) is 22.9. The summed E-state index contributed by atoms with van der Waals surface area (Å²) in [5, 5.41) is 8.03. The minimum atomic E-state index is -0.0153. The van der Waals surface area contributed by atoms with Gasteiger partial charge in [-0.3, -0.25) is 4.79 Å². The predicted molar refractivity (Wildman–Crippen MR) is 103 cm³/mol. The van der Waals surface area contributed by atoms with Crippen LogP contribution < -0.4 is 5.32 Å². The van der Waals surface area contributed by atoms with Gasteiger partial charge in [-0.1, -0.05) is 5.16 Å². The molecule has 1 unspecified atom stereocenters. The third kappa shape index (κ3) is 3.53. The molecule has 1 amide bonds. The molecule has 3 aromatic heterocycles. The van der Waals surface area contributed by atoms with Crippen LogP contribution in [-0.4, -0.2) is 32.1 Å². The molecule has 0 spiro atoms. The maximum atomic E-state index is 12.6. The lowest BCUT2D eigenvalue weighted by Gasteiger charge is -2.20. The van der Waals surface area contributed by atoms with Gasteiger partial charge in [-0.25, -0.2) is 9.97 Å². The largest absolute Gasteiger partial charge is 0.361 e. The van der Waals surface area contributed by atoms with Gasteiger partial charge in [0.05, 0.1) is 17.0 Å². The zero-order valence-electron chi connectivity index (χ0n) is 15.8. The van der Waals surface area contributed by atoms with Gasteiger partial charge in [0.25, 0.3) is 0 Å². The molecule has 1 atom stereocenters. The summed E-state index contributed by atoms with van der Waals surface area (Å²) in [6.07, 6.45) is 6.89. The standard InChI is InChI=1S/C19H23N5O2S/c1-11-17(12(2)26-23-11)19-22-14-10-13(4-5-15(14)27-19)18(25)21-7-6-16-20-8-9-24(16)3/h8-9,13H,4-7,10H2,1-3H3,(H,21,25). The first-order valence-corrected chi connectivity index (χ1v) is 10.00. The van der Waals surface area contributed by atoms with Gasteiger partial charge in [0.15, 0.2) is 0 Å². The Balaban J connectivity index is 1.39. The van der Waals surface area contributed by atoms with Gasteiger partial charge in [0, 0.05) is 49.6 Å². The second-order valence-electron chi connectivity index (χ2n) is 7.02. The van der Waals surface area contributed by atoms with Crippen LogP contribution in [0, 0.1) is 19.8 Å². The van der Waals surface area contributed by atoms with E-state index < -0.39 is 0 Å². The van der Waals surface area contributed by atoms with Crippen molar-refractivity contribution in [3.05, 3.63) is 40.2 Å². The summed E-state index contributed by atoms with van der Waals surface area (Å²) in [5.41, 5.74) is 2.90. The van der Waals surface area contributed by atoms with Crippen LogP contribution in [0.4, 0.5) is 0 Å². The predicted octanol–water partition coefficient (Wildman–Crippen LogP) is 2.61. The number of nitrogens with one attached hydrogen (secondary N) is 1. The molecule has 1 N–H and O–H groups in total. The molecule has 0 fully saturated rings. The Morgan fingerprint density at radius 2 is 2.30 bits per heavy atom. The molecule has 142 valence electrons. The Morgan fingerprint density at radius 1 is 1.44 bits per heavy atom. The van der Waals surface area contributed by atoms with Crippen molar-refractivity contribution in [2.45, 2.75) is 39.5 Å². The molecule has 0 saturated carbocycles. The summed E-state index contributed by atoms with van der Waals surface area (Å²) in [5.74, 6) is 1.87. The highest BCUT2D eigenvalue weighted by molar-refractivity contribution is 7.15. The van der Waals surface area contributed by atoms with E-state index in [-0.39, 0.29) is 11.8 Å². The monoisotopic (exact) mass is 385 g/mol. The third-order valence-corrected chi connectivity index (χ3v) is 6.30. The van der Waals surface area contributed by atoms with Gasteiger partial charge in [-0.05, 0) is 26.7 Å². The summed E-state index contributed by atoms with van der Waals surface area (Å²) < 4.78 is 7.25. The topological polar surface area (TPSA) is 85.8 Å². The first kappa shape index (κ1) is 17.9. The molecule has 3 heterocycles. The molecule has 0 saturated heterocycles. The summed E-state index contributed by atoms with van der Waals surface area (Å²) >= 11 is 1.70. The Bertz CT molecular complexity index is 951. The molecular weight excluding hydrogens is 362 g/mol. The van der Waals surface area contributed by atoms with E-state index in [9.17, 15) is 4.79 Å². The van der Waals surface area contributed by atoms with E-state index in [1.807, 2.05) is 31.7 Å². The highest BCUT2D eigenvalue weighted by Gasteiger charge is 2.28. The maximum absolute atomic E-state index is 12.6. The Labute approximate surface area is 161 Å². The molecule has 0 radical (unpaired) electrons. The molecule has 7 nitrogen and oxygen atoms in total. The summed E-state index contributed by atoms with van der Waals surface area (Å²) in [7, 11) is 1.96. The van der Waals surface area contributed by atoms with Gasteiger partial charge in [-0.15, -0.1) is 11.3 Å². The van der Waals surface area contributed by atoms with Crippen LogP contribution in [0.15, 0.2) is 16.9 Å². The van der Waals surface area contributed by atoms with E-state index >= 15 is 0 Å². The lowest BCUT2D eigenvalue weighted by molar-refractivity contribution is -0.125. The number of aromatic nitrogens is 4. The number of carbonyl (C=O) groups is 1. The van der Waals surface area contributed by atoms with Crippen molar-refractivity contribution in [3.8, 4) is 10.6 Å². The van der Waals surface area contributed by atoms with Crippen molar-refractivity contribution in [1.29, 1.82) is 0 Å². The number of aryl methyl sites for hydroxylation is 4. The second kappa shape index (κ2) is 7.26. The van der Waals surface area contributed by atoms with Crippen LogP contribution in [0.2, 0.25) is 0 Å². The van der Waals surface area contributed by atoms with E-state index in [1.54, 1.807) is 17.5 Å². The Kier molecular flexibility index (Phi) is 4.82. The van der Waals surface area contributed by atoms with Gasteiger partial charge < -0.3 is 14.4 Å². The highest BCUT2D eigenvalue weighted by atomic mass is 32.1. The van der Waals surface area contributed by atoms with Gasteiger partial charge in [0.1, 0.15) is 16.6 Å². The Morgan fingerprint density at radius 3 is 3.00 bits per heavy atom. The molecule has 4 rings (SSSR count). The first-order valence-electron chi connectivity index (χ1n) is 9.18. The Hall–Kier alpha value is -2.48. The molecule has 0 aromatic carbocycles.